The van der Waals surface area contributed by atoms with Crippen molar-refractivity contribution in [2.75, 3.05) is 26.1 Å². The van der Waals surface area contributed by atoms with E-state index in [0.29, 0.717) is 28.9 Å². The predicted molar refractivity (Wildman–Crippen MR) is 98.8 cm³/mol. The average molecular weight is 343 g/mol. The molecule has 2 aromatic carbocycles. The van der Waals surface area contributed by atoms with Crippen LogP contribution in [0.4, 0.5) is 5.69 Å². The molecule has 134 valence electrons. The maximum Gasteiger partial charge on any atom is 0.262 e. The zero-order chi connectivity index (χ0) is 18.2. The molecule has 0 heterocycles. The van der Waals surface area contributed by atoms with E-state index in [1.54, 1.807) is 32.4 Å². The number of methoxy groups -OCH3 is 2. The van der Waals surface area contributed by atoms with Crippen molar-refractivity contribution in [2.45, 2.75) is 26.2 Å². The monoisotopic (exact) mass is 343 g/mol. The maximum atomic E-state index is 12.1. The van der Waals surface area contributed by atoms with Crippen LogP contribution < -0.4 is 19.5 Å². The Hall–Kier alpha value is -2.69. The lowest BCUT2D eigenvalue weighted by Gasteiger charge is -2.13. The molecule has 0 aliphatic heterocycles. The predicted octanol–water partition coefficient (Wildman–Crippen LogP) is 4.23. The fourth-order valence-corrected chi connectivity index (χ4v) is 2.37. The van der Waals surface area contributed by atoms with Crippen molar-refractivity contribution in [1.82, 2.24) is 0 Å². The molecule has 0 saturated heterocycles. The molecule has 2 rings (SSSR count). The van der Waals surface area contributed by atoms with Crippen LogP contribution in [0.1, 0.15) is 31.7 Å². The van der Waals surface area contributed by atoms with E-state index in [0.717, 1.165) is 6.42 Å². The molecule has 1 N–H and O–H groups in total. The van der Waals surface area contributed by atoms with Gasteiger partial charge < -0.3 is 19.5 Å². The fourth-order valence-electron chi connectivity index (χ4n) is 2.37. The summed E-state index contributed by atoms with van der Waals surface area (Å²) in [6.07, 6.45) is 1.09. The van der Waals surface area contributed by atoms with Crippen molar-refractivity contribution in [3.63, 3.8) is 0 Å². The van der Waals surface area contributed by atoms with Crippen molar-refractivity contribution in [1.29, 1.82) is 0 Å². The number of hydrogen-bond acceptors (Lipinski definition) is 4. The summed E-state index contributed by atoms with van der Waals surface area (Å²) >= 11 is 0. The minimum Gasteiger partial charge on any atom is -0.497 e. The highest BCUT2D eigenvalue weighted by atomic mass is 16.5. The van der Waals surface area contributed by atoms with Gasteiger partial charge in [0.05, 0.1) is 19.9 Å². The molecule has 0 radical (unpaired) electrons. The SMILES string of the molecule is CCC(C)c1ccc(OCC(=O)Nc2ccc(OC)cc2OC)cc1. The van der Waals surface area contributed by atoms with Crippen molar-refractivity contribution >= 4 is 11.6 Å². The minimum absolute atomic E-state index is 0.0716. The summed E-state index contributed by atoms with van der Waals surface area (Å²) in [7, 11) is 3.12. The van der Waals surface area contributed by atoms with Gasteiger partial charge in [0.1, 0.15) is 17.2 Å². The molecule has 0 spiro atoms. The zero-order valence-corrected chi connectivity index (χ0v) is 15.2. The highest BCUT2D eigenvalue weighted by Crippen LogP contribution is 2.29. The molecular formula is C20H25NO4. The zero-order valence-electron chi connectivity index (χ0n) is 15.2. The van der Waals surface area contributed by atoms with E-state index in [9.17, 15) is 4.79 Å². The molecule has 5 nitrogen and oxygen atoms in total. The molecule has 5 heteroatoms. The first kappa shape index (κ1) is 18.6. The van der Waals surface area contributed by atoms with Crippen molar-refractivity contribution < 1.29 is 19.0 Å². The van der Waals surface area contributed by atoms with Crippen LogP contribution in [0.5, 0.6) is 17.2 Å². The second-order valence-corrected chi connectivity index (χ2v) is 5.78. The average Bonchev–Trinajstić information content (AvgIpc) is 2.66. The molecule has 0 aliphatic carbocycles. The lowest BCUT2D eigenvalue weighted by Crippen LogP contribution is -2.20. The Balaban J connectivity index is 1.92. The Labute approximate surface area is 148 Å². The van der Waals surface area contributed by atoms with E-state index in [4.69, 9.17) is 14.2 Å². The molecule has 1 atom stereocenters. The third kappa shape index (κ3) is 5.14. The van der Waals surface area contributed by atoms with Crippen molar-refractivity contribution in [2.24, 2.45) is 0 Å². The lowest BCUT2D eigenvalue weighted by molar-refractivity contribution is -0.118. The molecule has 0 bridgehead atoms. The molecular weight excluding hydrogens is 318 g/mol. The highest BCUT2D eigenvalue weighted by molar-refractivity contribution is 5.93. The molecule has 0 aromatic heterocycles. The summed E-state index contributed by atoms with van der Waals surface area (Å²) < 4.78 is 16.0. The van der Waals surface area contributed by atoms with Crippen LogP contribution in [-0.4, -0.2) is 26.7 Å². The van der Waals surface area contributed by atoms with Gasteiger partial charge in [-0.05, 0) is 42.2 Å². The first-order valence-electron chi connectivity index (χ1n) is 8.32. The number of carbonyl (C=O) groups is 1. The van der Waals surface area contributed by atoms with Gasteiger partial charge in [0, 0.05) is 6.07 Å². The topological polar surface area (TPSA) is 56.8 Å². The van der Waals surface area contributed by atoms with Crippen LogP contribution in [0.3, 0.4) is 0 Å². The van der Waals surface area contributed by atoms with Crippen LogP contribution in [0.15, 0.2) is 42.5 Å². The Kier molecular flexibility index (Phi) is 6.69. The molecule has 0 saturated carbocycles. The van der Waals surface area contributed by atoms with E-state index in [2.05, 4.69) is 19.2 Å². The van der Waals surface area contributed by atoms with Gasteiger partial charge in [0.15, 0.2) is 6.61 Å². The fraction of sp³-hybridized carbons (Fsp3) is 0.350. The number of anilines is 1. The number of benzene rings is 2. The molecule has 0 fully saturated rings. The van der Waals surface area contributed by atoms with E-state index in [1.165, 1.54) is 5.56 Å². The number of amides is 1. The summed E-state index contributed by atoms with van der Waals surface area (Å²) in [5.41, 5.74) is 1.84. The van der Waals surface area contributed by atoms with E-state index < -0.39 is 0 Å². The number of rotatable bonds is 8. The molecule has 1 unspecified atom stereocenters. The second-order valence-electron chi connectivity index (χ2n) is 5.78. The molecule has 1 amide bonds. The second kappa shape index (κ2) is 8.97. The van der Waals surface area contributed by atoms with E-state index >= 15 is 0 Å². The summed E-state index contributed by atoms with van der Waals surface area (Å²) in [6.45, 7) is 4.27. The van der Waals surface area contributed by atoms with Crippen LogP contribution >= 0.6 is 0 Å². The van der Waals surface area contributed by atoms with Gasteiger partial charge in [-0.15, -0.1) is 0 Å². The highest BCUT2D eigenvalue weighted by Gasteiger charge is 2.10. The molecule has 0 aliphatic rings. The van der Waals surface area contributed by atoms with Crippen LogP contribution in [0, 0.1) is 0 Å². The summed E-state index contributed by atoms with van der Waals surface area (Å²) in [4.78, 5) is 12.1. The minimum atomic E-state index is -0.255. The quantitative estimate of drug-likeness (QED) is 0.779. The Bertz CT molecular complexity index is 697. The third-order valence-electron chi connectivity index (χ3n) is 4.11. The smallest absolute Gasteiger partial charge is 0.262 e. The number of nitrogens with one attached hydrogen (secondary N) is 1. The largest absolute Gasteiger partial charge is 0.497 e. The van der Waals surface area contributed by atoms with Crippen LogP contribution in [0.25, 0.3) is 0 Å². The van der Waals surface area contributed by atoms with E-state index in [-0.39, 0.29) is 12.5 Å². The van der Waals surface area contributed by atoms with Gasteiger partial charge in [0.25, 0.3) is 5.91 Å². The van der Waals surface area contributed by atoms with Gasteiger partial charge in [-0.25, -0.2) is 0 Å². The normalized spacial score (nSPS) is 11.5. The summed E-state index contributed by atoms with van der Waals surface area (Å²) in [6, 6.07) is 13.1. The first-order valence-corrected chi connectivity index (χ1v) is 8.32. The summed E-state index contributed by atoms with van der Waals surface area (Å²) in [5.74, 6) is 2.12. The van der Waals surface area contributed by atoms with E-state index in [1.807, 2.05) is 24.3 Å². The van der Waals surface area contributed by atoms with Gasteiger partial charge in [-0.1, -0.05) is 26.0 Å². The van der Waals surface area contributed by atoms with Gasteiger partial charge >= 0.3 is 0 Å². The Morgan fingerprint density at radius 2 is 1.72 bits per heavy atom. The van der Waals surface area contributed by atoms with Crippen LogP contribution in [0.2, 0.25) is 0 Å². The standard InChI is InChI=1S/C20H25NO4/c1-5-14(2)15-6-8-16(9-7-15)25-13-20(22)21-18-11-10-17(23-3)12-19(18)24-4/h6-12,14H,5,13H2,1-4H3,(H,21,22). The Morgan fingerprint density at radius 1 is 1.04 bits per heavy atom. The molecule has 25 heavy (non-hydrogen) atoms. The maximum absolute atomic E-state index is 12.1. The number of carbonyl (C=O) groups excluding carboxylic acids is 1. The number of ether oxygens (including phenoxy) is 3. The Morgan fingerprint density at radius 3 is 2.32 bits per heavy atom. The van der Waals surface area contributed by atoms with Gasteiger partial charge in [-0.3, -0.25) is 4.79 Å². The van der Waals surface area contributed by atoms with Gasteiger partial charge in [-0.2, -0.15) is 0 Å². The van der Waals surface area contributed by atoms with Crippen LogP contribution in [-0.2, 0) is 4.79 Å². The van der Waals surface area contributed by atoms with Gasteiger partial charge in [0.2, 0.25) is 0 Å². The lowest BCUT2D eigenvalue weighted by atomic mass is 9.99. The van der Waals surface area contributed by atoms with Crippen molar-refractivity contribution in [3.05, 3.63) is 48.0 Å². The summed E-state index contributed by atoms with van der Waals surface area (Å²) in [5, 5.41) is 2.78. The molecule has 2 aromatic rings. The number of hydrogen-bond donors (Lipinski definition) is 1. The third-order valence-corrected chi connectivity index (χ3v) is 4.11. The van der Waals surface area contributed by atoms with Crippen molar-refractivity contribution in [3.8, 4) is 17.2 Å². The first-order chi connectivity index (χ1) is 12.1.